The van der Waals surface area contributed by atoms with E-state index in [-0.39, 0.29) is 0 Å². The van der Waals surface area contributed by atoms with Crippen molar-refractivity contribution < 1.29 is 18.3 Å². The van der Waals surface area contributed by atoms with Crippen molar-refractivity contribution in [3.05, 3.63) is 72.6 Å². The van der Waals surface area contributed by atoms with Gasteiger partial charge in [-0.15, -0.1) is 13.2 Å². The topological polar surface area (TPSA) is 44.7 Å². The van der Waals surface area contributed by atoms with Gasteiger partial charge in [0.2, 0.25) is 0 Å². The van der Waals surface area contributed by atoms with Gasteiger partial charge in [-0.05, 0) is 12.2 Å². The van der Waals surface area contributed by atoms with Crippen molar-refractivity contribution in [2.24, 2.45) is 0 Å². The van der Waals surface area contributed by atoms with Crippen molar-refractivity contribution in [3.8, 4) is 11.5 Å². The molecule has 2 rings (SSSR count). The summed E-state index contributed by atoms with van der Waals surface area (Å²) in [7, 11) is 3.23. The minimum atomic E-state index is 0.662. The lowest BCUT2D eigenvalue weighted by molar-refractivity contribution is 0.402. The summed E-state index contributed by atoms with van der Waals surface area (Å²) in [4.78, 5) is 0. The maximum Gasteiger partial charge on any atom is 0.168 e. The second-order valence-corrected chi connectivity index (χ2v) is 4.99. The molecule has 4 heteroatoms. The smallest absolute Gasteiger partial charge is 0.168 e. The molecule has 126 valence electrons. The molecule has 2 heterocycles. The Morgan fingerprint density at radius 3 is 1.58 bits per heavy atom. The predicted octanol–water partition coefficient (Wildman–Crippen LogP) is 5.07. The first-order valence-electron chi connectivity index (χ1n) is 7.61. The van der Waals surface area contributed by atoms with Crippen molar-refractivity contribution in [1.29, 1.82) is 0 Å². The molecule has 0 aliphatic heterocycles. The third kappa shape index (κ3) is 4.32. The van der Waals surface area contributed by atoms with Crippen LogP contribution in [0.2, 0.25) is 0 Å². The van der Waals surface area contributed by atoms with Gasteiger partial charge in [-0.25, -0.2) is 0 Å². The van der Waals surface area contributed by atoms with Gasteiger partial charge >= 0.3 is 0 Å². The highest BCUT2D eigenvalue weighted by Crippen LogP contribution is 2.27. The van der Waals surface area contributed by atoms with Crippen LogP contribution in [0.15, 0.2) is 58.4 Å². The highest BCUT2D eigenvalue weighted by molar-refractivity contribution is 5.59. The minimum Gasteiger partial charge on any atom is -0.493 e. The number of rotatable bonds is 9. The van der Waals surface area contributed by atoms with Gasteiger partial charge in [0.05, 0.1) is 14.2 Å². The molecule has 0 aliphatic rings. The molecule has 0 atom stereocenters. The summed E-state index contributed by atoms with van der Waals surface area (Å²) in [6.07, 6.45) is 12.3. The minimum absolute atomic E-state index is 0.662. The summed E-state index contributed by atoms with van der Waals surface area (Å²) in [5.74, 6) is 4.34. The third-order valence-electron chi connectivity index (χ3n) is 3.29. The first kappa shape index (κ1) is 17.5. The van der Waals surface area contributed by atoms with Gasteiger partial charge in [0.15, 0.2) is 23.0 Å². The molecule has 24 heavy (non-hydrogen) atoms. The fourth-order valence-corrected chi connectivity index (χ4v) is 2.20. The van der Waals surface area contributed by atoms with E-state index in [1.807, 2.05) is 36.4 Å². The maximum atomic E-state index is 5.70. The molecule has 0 saturated heterocycles. The van der Waals surface area contributed by atoms with E-state index in [1.165, 1.54) is 0 Å². The van der Waals surface area contributed by atoms with Gasteiger partial charge in [0, 0.05) is 25.0 Å². The lowest BCUT2D eigenvalue weighted by Crippen LogP contribution is -1.81. The zero-order valence-corrected chi connectivity index (χ0v) is 14.1. The summed E-state index contributed by atoms with van der Waals surface area (Å²) in [5.41, 5.74) is 0. The highest BCUT2D eigenvalue weighted by Gasteiger charge is 2.09. The summed E-state index contributed by atoms with van der Waals surface area (Å²) >= 11 is 0. The Morgan fingerprint density at radius 1 is 0.833 bits per heavy atom. The Labute approximate surface area is 142 Å². The molecule has 0 aromatic carbocycles. The van der Waals surface area contributed by atoms with Gasteiger partial charge in [-0.1, -0.05) is 24.3 Å². The summed E-state index contributed by atoms with van der Waals surface area (Å²) in [6, 6.07) is 3.73. The normalized spacial score (nSPS) is 11.2. The average molecular weight is 326 g/mol. The van der Waals surface area contributed by atoms with E-state index in [0.29, 0.717) is 35.9 Å². The molecule has 0 bridgehead atoms. The van der Waals surface area contributed by atoms with Crippen LogP contribution < -0.4 is 9.47 Å². The molecule has 4 nitrogen and oxygen atoms in total. The largest absolute Gasteiger partial charge is 0.493 e. The molecule has 0 N–H and O–H groups in total. The summed E-state index contributed by atoms with van der Waals surface area (Å²) in [5, 5.41) is 0. The molecule has 0 aliphatic carbocycles. The Balaban J connectivity index is 2.12. The molecule has 0 saturated carbocycles. The van der Waals surface area contributed by atoms with E-state index >= 15 is 0 Å². The van der Waals surface area contributed by atoms with Crippen molar-refractivity contribution in [1.82, 2.24) is 0 Å². The van der Waals surface area contributed by atoms with Crippen LogP contribution in [0.1, 0.15) is 23.0 Å². The Kier molecular flexibility index (Phi) is 6.32. The lowest BCUT2D eigenvalue weighted by Gasteiger charge is -1.94. The SMILES string of the molecule is C=CCc1cc(OC)c(C=CC=Cc2oc(CC=C)cc2OC)o1. The van der Waals surface area contributed by atoms with Gasteiger partial charge in [-0.2, -0.15) is 0 Å². The molecule has 0 amide bonds. The quantitative estimate of drug-likeness (QED) is 0.476. The van der Waals surface area contributed by atoms with Crippen LogP contribution in [0.4, 0.5) is 0 Å². The standard InChI is InChI=1S/C20H22O4/c1-5-9-15-13-19(21-3)17(23-15)11-7-8-12-18-20(22-4)14-16(24-18)10-6-2/h5-8,11-14H,1-2,9-10H2,3-4H3. The zero-order valence-electron chi connectivity index (χ0n) is 14.1. The van der Waals surface area contributed by atoms with Gasteiger partial charge in [0.25, 0.3) is 0 Å². The second-order valence-electron chi connectivity index (χ2n) is 4.99. The summed E-state index contributed by atoms with van der Waals surface area (Å²) < 4.78 is 22.0. The molecule has 0 unspecified atom stereocenters. The molecule has 2 aromatic heterocycles. The monoisotopic (exact) mass is 326 g/mol. The fourth-order valence-electron chi connectivity index (χ4n) is 2.20. The first-order valence-corrected chi connectivity index (χ1v) is 7.61. The number of furan rings is 2. The van der Waals surface area contributed by atoms with Crippen molar-refractivity contribution in [2.75, 3.05) is 14.2 Å². The lowest BCUT2D eigenvalue weighted by atomic mass is 10.3. The van der Waals surface area contributed by atoms with Crippen LogP contribution in [-0.2, 0) is 12.8 Å². The fraction of sp³-hybridized carbons (Fsp3) is 0.200. The number of methoxy groups -OCH3 is 2. The predicted molar refractivity (Wildman–Crippen MR) is 96.4 cm³/mol. The Bertz CT molecular complexity index is 680. The van der Waals surface area contributed by atoms with Crippen LogP contribution >= 0.6 is 0 Å². The Morgan fingerprint density at radius 2 is 1.25 bits per heavy atom. The van der Waals surface area contributed by atoms with Crippen LogP contribution in [0.5, 0.6) is 11.5 Å². The van der Waals surface area contributed by atoms with Crippen molar-refractivity contribution in [3.63, 3.8) is 0 Å². The molecule has 0 spiro atoms. The van der Waals surface area contributed by atoms with E-state index < -0.39 is 0 Å². The second kappa shape index (κ2) is 8.67. The molecule has 0 radical (unpaired) electrons. The molecule has 0 fully saturated rings. The van der Waals surface area contributed by atoms with Crippen LogP contribution in [0.25, 0.3) is 12.2 Å². The first-order chi connectivity index (χ1) is 11.7. The zero-order chi connectivity index (χ0) is 17.4. The van der Waals surface area contributed by atoms with E-state index in [2.05, 4.69) is 13.2 Å². The van der Waals surface area contributed by atoms with Gasteiger partial charge < -0.3 is 18.3 Å². The highest BCUT2D eigenvalue weighted by atomic mass is 16.5. The van der Waals surface area contributed by atoms with Crippen LogP contribution in [-0.4, -0.2) is 14.2 Å². The molecule has 2 aromatic rings. The summed E-state index contributed by atoms with van der Waals surface area (Å²) in [6.45, 7) is 7.41. The van der Waals surface area contributed by atoms with Crippen LogP contribution in [0, 0.1) is 0 Å². The average Bonchev–Trinajstić information content (AvgIpc) is 3.15. The van der Waals surface area contributed by atoms with E-state index in [1.54, 1.807) is 26.4 Å². The van der Waals surface area contributed by atoms with Gasteiger partial charge in [0.1, 0.15) is 11.5 Å². The van der Waals surface area contributed by atoms with Crippen LogP contribution in [0.3, 0.4) is 0 Å². The number of hydrogen-bond donors (Lipinski definition) is 0. The molecular formula is C20H22O4. The van der Waals surface area contributed by atoms with Crippen molar-refractivity contribution in [2.45, 2.75) is 12.8 Å². The molecular weight excluding hydrogens is 304 g/mol. The third-order valence-corrected chi connectivity index (χ3v) is 3.29. The van der Waals surface area contributed by atoms with E-state index in [9.17, 15) is 0 Å². The van der Waals surface area contributed by atoms with Crippen molar-refractivity contribution >= 4 is 12.2 Å². The maximum absolute atomic E-state index is 5.70. The van der Waals surface area contributed by atoms with E-state index in [4.69, 9.17) is 18.3 Å². The number of allylic oxidation sites excluding steroid dienone is 4. The van der Waals surface area contributed by atoms with E-state index in [0.717, 1.165) is 11.5 Å². The van der Waals surface area contributed by atoms with Gasteiger partial charge in [-0.3, -0.25) is 0 Å². The number of hydrogen-bond acceptors (Lipinski definition) is 4. The Hall–Kier alpha value is -2.88. The number of ether oxygens (including phenoxy) is 2.